The third-order valence-electron chi connectivity index (χ3n) is 2.89. The summed E-state index contributed by atoms with van der Waals surface area (Å²) in [6.45, 7) is 6.52. The molecule has 0 saturated carbocycles. The second kappa shape index (κ2) is 6.99. The summed E-state index contributed by atoms with van der Waals surface area (Å²) in [5.74, 6) is 0.191. The van der Waals surface area contributed by atoms with Crippen LogP contribution in [-0.4, -0.2) is 24.8 Å². The number of benzene rings is 1. The molecule has 7 heteroatoms. The maximum Gasteiger partial charge on any atom is 0.303 e. The Morgan fingerprint density at radius 1 is 1.18 bits per heavy atom. The highest BCUT2D eigenvalue weighted by Crippen LogP contribution is 2.38. The summed E-state index contributed by atoms with van der Waals surface area (Å²) in [4.78, 5) is 22.7. The Bertz CT molecular complexity index is 612. The third-order valence-corrected chi connectivity index (χ3v) is 3.51. The largest absolute Gasteiger partial charge is 0.454 e. The fourth-order valence-corrected chi connectivity index (χ4v) is 2.50. The van der Waals surface area contributed by atoms with Gasteiger partial charge in [0.25, 0.3) is 0 Å². The van der Waals surface area contributed by atoms with Crippen molar-refractivity contribution in [1.29, 1.82) is 0 Å². The van der Waals surface area contributed by atoms with E-state index >= 15 is 0 Å². The predicted molar refractivity (Wildman–Crippen MR) is 85.8 cm³/mol. The number of carbonyl (C=O) groups excluding carboxylic acids is 2. The molecule has 0 saturated heterocycles. The minimum Gasteiger partial charge on any atom is -0.454 e. The van der Waals surface area contributed by atoms with Crippen molar-refractivity contribution in [2.24, 2.45) is 0 Å². The van der Waals surface area contributed by atoms with Crippen LogP contribution in [0.25, 0.3) is 0 Å². The van der Waals surface area contributed by atoms with Crippen molar-refractivity contribution < 1.29 is 28.5 Å². The van der Waals surface area contributed by atoms with Crippen LogP contribution in [-0.2, 0) is 19.1 Å². The van der Waals surface area contributed by atoms with E-state index in [0.717, 1.165) is 0 Å². The quantitative estimate of drug-likeness (QED) is 0.541. The van der Waals surface area contributed by atoms with Gasteiger partial charge < -0.3 is 18.9 Å². The van der Waals surface area contributed by atoms with Gasteiger partial charge in [-0.1, -0.05) is 12.6 Å². The number of ether oxygens (including phenoxy) is 4. The van der Waals surface area contributed by atoms with E-state index in [2.05, 4.69) is 6.58 Å². The van der Waals surface area contributed by atoms with Crippen LogP contribution in [0.3, 0.4) is 0 Å². The van der Waals surface area contributed by atoms with Crippen molar-refractivity contribution in [3.8, 4) is 11.5 Å². The fourth-order valence-electron chi connectivity index (χ4n) is 2.04. The molecule has 0 aromatic heterocycles. The number of hydrogen-bond donors (Lipinski definition) is 0. The highest BCUT2D eigenvalue weighted by Gasteiger charge is 2.31. The molecule has 0 fully saturated rings. The Labute approximate surface area is 141 Å². The molecule has 118 valence electrons. The van der Waals surface area contributed by atoms with Crippen LogP contribution in [0.15, 0.2) is 28.4 Å². The standard InChI is InChI=1S/C15H15IO6/c1-8(16)14(21-9(2)17)15(22-10(3)18)11-4-5-12-13(6-11)20-7-19-12/h4-6,14-15H,1,7H2,2-3H3/t14-,15-/m1/s1. The molecule has 2 rings (SSSR count). The van der Waals surface area contributed by atoms with E-state index in [1.54, 1.807) is 18.2 Å². The van der Waals surface area contributed by atoms with E-state index in [-0.39, 0.29) is 6.79 Å². The first-order valence-electron chi connectivity index (χ1n) is 6.46. The molecule has 0 N–H and O–H groups in total. The van der Waals surface area contributed by atoms with Gasteiger partial charge in [0.2, 0.25) is 6.79 Å². The lowest BCUT2D eigenvalue weighted by Crippen LogP contribution is -2.28. The van der Waals surface area contributed by atoms with Crippen molar-refractivity contribution in [1.82, 2.24) is 0 Å². The SMILES string of the molecule is C=C(I)[C@@H](OC(C)=O)[C@H](OC(C)=O)c1ccc2c(c1)OCO2. The number of esters is 2. The molecule has 1 aliphatic heterocycles. The first-order chi connectivity index (χ1) is 10.4. The van der Waals surface area contributed by atoms with Gasteiger partial charge in [0.15, 0.2) is 23.7 Å². The summed E-state index contributed by atoms with van der Waals surface area (Å²) < 4.78 is 21.7. The van der Waals surface area contributed by atoms with Crippen molar-refractivity contribution in [3.63, 3.8) is 0 Å². The first-order valence-corrected chi connectivity index (χ1v) is 7.54. The molecular weight excluding hydrogens is 403 g/mol. The van der Waals surface area contributed by atoms with Gasteiger partial charge in [0, 0.05) is 23.0 Å². The van der Waals surface area contributed by atoms with Gasteiger partial charge in [-0.2, -0.15) is 0 Å². The summed E-state index contributed by atoms with van der Waals surface area (Å²) in [6.07, 6.45) is -1.59. The van der Waals surface area contributed by atoms with Crippen molar-refractivity contribution >= 4 is 34.5 Å². The molecule has 0 unspecified atom stereocenters. The smallest absolute Gasteiger partial charge is 0.303 e. The van der Waals surface area contributed by atoms with E-state index in [1.807, 2.05) is 22.6 Å². The van der Waals surface area contributed by atoms with E-state index in [1.165, 1.54) is 13.8 Å². The molecule has 22 heavy (non-hydrogen) atoms. The van der Waals surface area contributed by atoms with Crippen LogP contribution in [0.4, 0.5) is 0 Å². The number of rotatable bonds is 5. The normalized spacial score (nSPS) is 14.9. The van der Waals surface area contributed by atoms with Gasteiger partial charge in [-0.05, 0) is 34.7 Å². The molecule has 0 bridgehead atoms. The first kappa shape index (κ1) is 16.6. The maximum atomic E-state index is 11.4. The lowest BCUT2D eigenvalue weighted by Gasteiger charge is -2.26. The molecule has 1 aromatic carbocycles. The highest BCUT2D eigenvalue weighted by molar-refractivity contribution is 14.1. The van der Waals surface area contributed by atoms with Crippen LogP contribution in [0.1, 0.15) is 25.5 Å². The van der Waals surface area contributed by atoms with Gasteiger partial charge in [-0.25, -0.2) is 0 Å². The van der Waals surface area contributed by atoms with Crippen LogP contribution in [0.5, 0.6) is 11.5 Å². The summed E-state index contributed by atoms with van der Waals surface area (Å²) in [5.41, 5.74) is 0.628. The third kappa shape index (κ3) is 3.90. The average Bonchev–Trinajstić information content (AvgIpc) is 2.89. The zero-order chi connectivity index (χ0) is 16.3. The van der Waals surface area contributed by atoms with Gasteiger partial charge in [0.1, 0.15) is 0 Å². The van der Waals surface area contributed by atoms with Gasteiger partial charge in [-0.3, -0.25) is 9.59 Å². The zero-order valence-corrected chi connectivity index (χ0v) is 14.3. The topological polar surface area (TPSA) is 71.1 Å². The van der Waals surface area contributed by atoms with Gasteiger partial charge >= 0.3 is 11.9 Å². The van der Waals surface area contributed by atoms with Crippen LogP contribution >= 0.6 is 22.6 Å². The molecule has 0 radical (unpaired) electrons. The van der Waals surface area contributed by atoms with E-state index in [0.29, 0.717) is 20.6 Å². The van der Waals surface area contributed by atoms with Crippen molar-refractivity contribution in [2.75, 3.05) is 6.79 Å². The molecule has 0 spiro atoms. The minimum atomic E-state index is -0.805. The minimum absolute atomic E-state index is 0.142. The van der Waals surface area contributed by atoms with Crippen molar-refractivity contribution in [3.05, 3.63) is 33.9 Å². The zero-order valence-electron chi connectivity index (χ0n) is 12.1. The molecule has 1 aliphatic rings. The molecule has 0 aliphatic carbocycles. The van der Waals surface area contributed by atoms with Crippen LogP contribution < -0.4 is 9.47 Å². The molecular formula is C15H15IO6. The van der Waals surface area contributed by atoms with E-state index in [9.17, 15) is 9.59 Å². The summed E-state index contributed by atoms with van der Waals surface area (Å²) in [5, 5.41) is 0. The molecule has 1 heterocycles. The molecule has 2 atom stereocenters. The van der Waals surface area contributed by atoms with Gasteiger partial charge in [-0.15, -0.1) is 0 Å². The summed E-state index contributed by atoms with van der Waals surface area (Å²) >= 11 is 1.94. The lowest BCUT2D eigenvalue weighted by atomic mass is 10.0. The second-order valence-electron chi connectivity index (χ2n) is 4.62. The Morgan fingerprint density at radius 2 is 1.82 bits per heavy atom. The molecule has 1 aromatic rings. The second-order valence-corrected chi connectivity index (χ2v) is 6.01. The summed E-state index contributed by atoms with van der Waals surface area (Å²) in [7, 11) is 0. The average molecular weight is 418 g/mol. The monoisotopic (exact) mass is 418 g/mol. The van der Waals surface area contributed by atoms with E-state index < -0.39 is 24.1 Å². The number of hydrogen-bond acceptors (Lipinski definition) is 6. The number of halogens is 1. The lowest BCUT2D eigenvalue weighted by molar-refractivity contribution is -0.162. The molecule has 0 amide bonds. The predicted octanol–water partition coefficient (Wildman–Crippen LogP) is 2.90. The maximum absolute atomic E-state index is 11.4. The fraction of sp³-hybridized carbons (Fsp3) is 0.333. The number of fused-ring (bicyclic) bond motifs is 1. The molecule has 6 nitrogen and oxygen atoms in total. The van der Waals surface area contributed by atoms with Crippen LogP contribution in [0.2, 0.25) is 0 Å². The van der Waals surface area contributed by atoms with Crippen LogP contribution in [0, 0.1) is 0 Å². The van der Waals surface area contributed by atoms with Crippen molar-refractivity contribution in [2.45, 2.75) is 26.1 Å². The number of carbonyl (C=O) groups is 2. The Morgan fingerprint density at radius 3 is 2.41 bits per heavy atom. The summed E-state index contributed by atoms with van der Waals surface area (Å²) in [6, 6.07) is 5.15. The Balaban J connectivity index is 2.37. The Kier molecular flexibility index (Phi) is 5.28. The van der Waals surface area contributed by atoms with Gasteiger partial charge in [0.05, 0.1) is 0 Å². The highest BCUT2D eigenvalue weighted by atomic mass is 127. The van der Waals surface area contributed by atoms with E-state index in [4.69, 9.17) is 18.9 Å². The Hall–Kier alpha value is -1.77.